The fraction of sp³-hybridized carbons (Fsp3) is 0.190. The summed E-state index contributed by atoms with van der Waals surface area (Å²) in [5.41, 5.74) is 1.87. The first-order chi connectivity index (χ1) is 14.2. The third-order valence-electron chi connectivity index (χ3n) is 4.92. The number of hydrogen-bond donors (Lipinski definition) is 1. The molecule has 0 atom stereocenters. The summed E-state index contributed by atoms with van der Waals surface area (Å²) in [5.74, 6) is 0.867. The fourth-order valence-electron chi connectivity index (χ4n) is 3.29. The van der Waals surface area contributed by atoms with Crippen molar-refractivity contribution in [3.8, 4) is 17.3 Å². The third kappa shape index (κ3) is 3.29. The van der Waals surface area contributed by atoms with Gasteiger partial charge >= 0.3 is 0 Å². The molecule has 8 heteroatoms. The number of fused-ring (bicyclic) bond motifs is 1. The Kier molecular flexibility index (Phi) is 4.16. The van der Waals surface area contributed by atoms with Gasteiger partial charge in [0.1, 0.15) is 5.69 Å². The largest absolute Gasteiger partial charge is 0.481 e. The smallest absolute Gasteiger partial charge is 0.274 e. The summed E-state index contributed by atoms with van der Waals surface area (Å²) in [5, 5.41) is 16.6. The molecule has 5 rings (SSSR count). The Bertz CT molecular complexity index is 1200. The summed E-state index contributed by atoms with van der Waals surface area (Å²) in [4.78, 5) is 17.1. The fourth-order valence-corrected chi connectivity index (χ4v) is 3.29. The number of amides is 1. The normalized spacial score (nSPS) is 13.4. The highest BCUT2D eigenvalue weighted by Crippen LogP contribution is 2.36. The Balaban J connectivity index is 1.38. The van der Waals surface area contributed by atoms with E-state index in [2.05, 4.69) is 25.8 Å². The highest BCUT2D eigenvalue weighted by molar-refractivity contribution is 6.05. The van der Waals surface area contributed by atoms with Crippen LogP contribution in [0.3, 0.4) is 0 Å². The molecule has 1 aliphatic carbocycles. The minimum absolute atomic E-state index is 0.294. The predicted octanol–water partition coefficient (Wildman–Crippen LogP) is 3.48. The Morgan fingerprint density at radius 1 is 1.14 bits per heavy atom. The molecule has 1 fully saturated rings. The molecule has 0 bridgehead atoms. The van der Waals surface area contributed by atoms with Gasteiger partial charge in [-0.2, -0.15) is 0 Å². The van der Waals surface area contributed by atoms with E-state index < -0.39 is 0 Å². The number of carbonyl (C=O) groups is 1. The number of benzene rings is 2. The van der Waals surface area contributed by atoms with Gasteiger partial charge in [-0.15, -0.1) is 5.10 Å². The molecule has 0 unspecified atom stereocenters. The minimum atomic E-state index is -0.301. The highest BCUT2D eigenvalue weighted by atomic mass is 16.5. The standard InChI is InChI=1S/C21H18N6O2/c1-29-21-17-5-3-2-4-14(17)12-18(23-21)20(28)22-15-8-6-13(7-9-15)19-24-25-26-27(19)16-10-11-16/h2-9,12,16H,10-11H2,1H3,(H,22,28). The lowest BCUT2D eigenvalue weighted by Gasteiger charge is -2.09. The van der Waals surface area contributed by atoms with Crippen LogP contribution in [-0.4, -0.2) is 38.2 Å². The number of hydrogen-bond acceptors (Lipinski definition) is 6. The van der Waals surface area contributed by atoms with Gasteiger partial charge in [-0.25, -0.2) is 9.67 Å². The first-order valence-electron chi connectivity index (χ1n) is 9.36. The average molecular weight is 386 g/mol. The van der Waals surface area contributed by atoms with Crippen molar-refractivity contribution in [1.29, 1.82) is 0 Å². The average Bonchev–Trinajstić information content (AvgIpc) is 3.49. The van der Waals surface area contributed by atoms with E-state index in [1.165, 1.54) is 0 Å². The lowest BCUT2D eigenvalue weighted by molar-refractivity contribution is 0.102. The van der Waals surface area contributed by atoms with Crippen LogP contribution in [0.15, 0.2) is 54.6 Å². The first kappa shape index (κ1) is 17.3. The summed E-state index contributed by atoms with van der Waals surface area (Å²) < 4.78 is 7.21. The van der Waals surface area contributed by atoms with Crippen molar-refractivity contribution < 1.29 is 9.53 Å². The zero-order valence-corrected chi connectivity index (χ0v) is 15.7. The van der Waals surface area contributed by atoms with Gasteiger partial charge in [-0.05, 0) is 65.1 Å². The molecule has 2 aromatic heterocycles. The number of tetrazole rings is 1. The number of rotatable bonds is 5. The second-order valence-electron chi connectivity index (χ2n) is 6.95. The van der Waals surface area contributed by atoms with Gasteiger partial charge in [0.25, 0.3) is 5.91 Å². The maximum Gasteiger partial charge on any atom is 0.274 e. The van der Waals surface area contributed by atoms with Crippen LogP contribution >= 0.6 is 0 Å². The molecule has 0 spiro atoms. The van der Waals surface area contributed by atoms with Gasteiger partial charge in [-0.3, -0.25) is 4.79 Å². The molecular weight excluding hydrogens is 368 g/mol. The molecule has 29 heavy (non-hydrogen) atoms. The van der Waals surface area contributed by atoms with E-state index in [4.69, 9.17) is 4.74 Å². The summed E-state index contributed by atoms with van der Waals surface area (Å²) >= 11 is 0. The van der Waals surface area contributed by atoms with Crippen LogP contribution in [0.25, 0.3) is 22.2 Å². The van der Waals surface area contributed by atoms with Crippen LogP contribution in [-0.2, 0) is 0 Å². The van der Waals surface area contributed by atoms with Crippen molar-refractivity contribution in [3.05, 3.63) is 60.3 Å². The number of nitrogens with one attached hydrogen (secondary N) is 1. The van der Waals surface area contributed by atoms with Gasteiger partial charge in [-0.1, -0.05) is 18.2 Å². The molecule has 144 valence electrons. The lowest BCUT2D eigenvalue weighted by atomic mass is 10.1. The van der Waals surface area contributed by atoms with Crippen LogP contribution in [0.5, 0.6) is 5.88 Å². The number of methoxy groups -OCH3 is 1. The van der Waals surface area contributed by atoms with Crippen LogP contribution < -0.4 is 10.1 Å². The molecule has 0 aliphatic heterocycles. The number of anilines is 1. The van der Waals surface area contributed by atoms with Crippen LogP contribution in [0.4, 0.5) is 5.69 Å². The molecule has 1 amide bonds. The Morgan fingerprint density at radius 3 is 2.69 bits per heavy atom. The predicted molar refractivity (Wildman–Crippen MR) is 108 cm³/mol. The molecule has 0 radical (unpaired) electrons. The third-order valence-corrected chi connectivity index (χ3v) is 4.92. The summed E-state index contributed by atoms with van der Waals surface area (Å²) in [6.07, 6.45) is 2.21. The number of aromatic nitrogens is 5. The summed E-state index contributed by atoms with van der Waals surface area (Å²) in [6, 6.07) is 17.3. The lowest BCUT2D eigenvalue weighted by Crippen LogP contribution is -2.14. The van der Waals surface area contributed by atoms with Crippen molar-refractivity contribution in [3.63, 3.8) is 0 Å². The van der Waals surface area contributed by atoms with E-state index in [9.17, 15) is 4.79 Å². The molecule has 8 nitrogen and oxygen atoms in total. The van der Waals surface area contributed by atoms with E-state index >= 15 is 0 Å². The molecule has 1 aliphatic rings. The summed E-state index contributed by atoms with van der Waals surface area (Å²) in [6.45, 7) is 0. The first-order valence-corrected chi connectivity index (χ1v) is 9.36. The molecule has 1 saturated carbocycles. The quantitative estimate of drug-likeness (QED) is 0.564. The Hall–Kier alpha value is -3.81. The van der Waals surface area contributed by atoms with Gasteiger partial charge < -0.3 is 10.1 Å². The van der Waals surface area contributed by atoms with Crippen LogP contribution in [0.2, 0.25) is 0 Å². The molecule has 0 saturated heterocycles. The molecule has 2 aromatic carbocycles. The van der Waals surface area contributed by atoms with E-state index in [0.717, 1.165) is 35.0 Å². The monoisotopic (exact) mass is 386 g/mol. The van der Waals surface area contributed by atoms with Crippen molar-refractivity contribution in [1.82, 2.24) is 25.2 Å². The molecule has 1 N–H and O–H groups in total. The number of pyridine rings is 1. The van der Waals surface area contributed by atoms with Crippen LogP contribution in [0.1, 0.15) is 29.4 Å². The maximum absolute atomic E-state index is 12.7. The number of carbonyl (C=O) groups excluding carboxylic acids is 1. The maximum atomic E-state index is 12.7. The van der Waals surface area contributed by atoms with E-state index in [-0.39, 0.29) is 5.91 Å². The van der Waals surface area contributed by atoms with Gasteiger partial charge in [0.2, 0.25) is 5.88 Å². The van der Waals surface area contributed by atoms with Crippen molar-refractivity contribution in [2.45, 2.75) is 18.9 Å². The van der Waals surface area contributed by atoms with Gasteiger partial charge in [0.05, 0.1) is 13.2 Å². The van der Waals surface area contributed by atoms with Gasteiger partial charge in [0, 0.05) is 16.6 Å². The van der Waals surface area contributed by atoms with Crippen LogP contribution in [0, 0.1) is 0 Å². The zero-order valence-electron chi connectivity index (χ0n) is 15.7. The number of ether oxygens (including phenoxy) is 1. The Morgan fingerprint density at radius 2 is 1.93 bits per heavy atom. The minimum Gasteiger partial charge on any atom is -0.481 e. The van der Waals surface area contributed by atoms with E-state index in [1.54, 1.807) is 13.2 Å². The Labute approximate surface area is 166 Å². The molecule has 4 aromatic rings. The second-order valence-corrected chi connectivity index (χ2v) is 6.95. The number of nitrogens with zero attached hydrogens (tertiary/aromatic N) is 5. The molecule has 2 heterocycles. The van der Waals surface area contributed by atoms with Crippen molar-refractivity contribution in [2.24, 2.45) is 0 Å². The van der Waals surface area contributed by atoms with E-state index in [0.29, 0.717) is 23.3 Å². The molecular formula is C21H18N6O2. The highest BCUT2D eigenvalue weighted by Gasteiger charge is 2.28. The van der Waals surface area contributed by atoms with E-state index in [1.807, 2.05) is 53.2 Å². The van der Waals surface area contributed by atoms with Gasteiger partial charge in [0.15, 0.2) is 5.82 Å². The topological polar surface area (TPSA) is 94.8 Å². The van der Waals surface area contributed by atoms with Crippen molar-refractivity contribution in [2.75, 3.05) is 12.4 Å². The van der Waals surface area contributed by atoms with Crippen molar-refractivity contribution >= 4 is 22.4 Å². The SMILES string of the molecule is COc1nc(C(=O)Nc2ccc(-c3nnnn3C3CC3)cc2)cc2ccccc12. The summed E-state index contributed by atoms with van der Waals surface area (Å²) in [7, 11) is 1.55. The zero-order chi connectivity index (χ0) is 19.8. The second kappa shape index (κ2) is 6.97.